The predicted octanol–water partition coefficient (Wildman–Crippen LogP) is 0.250. The second kappa shape index (κ2) is 5.70. The summed E-state index contributed by atoms with van der Waals surface area (Å²) in [6.07, 6.45) is 1.75. The molecular weight excluding hydrogens is 198 g/mol. The molecule has 0 aromatic heterocycles. The van der Waals surface area contributed by atoms with Crippen molar-refractivity contribution in [2.24, 2.45) is 11.8 Å². The van der Waals surface area contributed by atoms with Gasteiger partial charge in [-0.2, -0.15) is 0 Å². The summed E-state index contributed by atoms with van der Waals surface area (Å²) >= 11 is 0. The van der Waals surface area contributed by atoms with Gasteiger partial charge >= 0.3 is 5.97 Å². The highest BCUT2D eigenvalue weighted by molar-refractivity contribution is 5.82. The number of nitrogens with one attached hydrogen (secondary N) is 1. The summed E-state index contributed by atoms with van der Waals surface area (Å²) in [5.41, 5.74) is 0. The molecular formula is C10H17NO4. The quantitative estimate of drug-likeness (QED) is 0.705. The molecule has 2 unspecified atom stereocenters. The van der Waals surface area contributed by atoms with E-state index in [9.17, 15) is 9.59 Å². The number of rotatable bonds is 4. The maximum absolute atomic E-state index is 11.2. The first kappa shape index (κ1) is 12.0. The number of aliphatic carboxylic acids is 1. The Morgan fingerprint density at radius 1 is 1.60 bits per heavy atom. The first-order chi connectivity index (χ1) is 7.15. The van der Waals surface area contributed by atoms with Crippen LogP contribution in [0.15, 0.2) is 0 Å². The van der Waals surface area contributed by atoms with Crippen molar-refractivity contribution in [3.05, 3.63) is 0 Å². The summed E-state index contributed by atoms with van der Waals surface area (Å²) in [4.78, 5) is 22.2. The van der Waals surface area contributed by atoms with E-state index >= 15 is 0 Å². The third kappa shape index (κ3) is 3.51. The average molecular weight is 215 g/mol. The van der Waals surface area contributed by atoms with Crippen molar-refractivity contribution in [2.75, 3.05) is 20.3 Å². The Labute approximate surface area is 88.8 Å². The molecule has 0 spiro atoms. The van der Waals surface area contributed by atoms with Crippen molar-refractivity contribution in [3.63, 3.8) is 0 Å². The fourth-order valence-electron chi connectivity index (χ4n) is 1.84. The number of carbonyl (C=O) groups is 2. The maximum atomic E-state index is 11.2. The predicted molar refractivity (Wildman–Crippen MR) is 53.4 cm³/mol. The molecule has 1 saturated heterocycles. The van der Waals surface area contributed by atoms with Gasteiger partial charge in [0.1, 0.15) is 0 Å². The lowest BCUT2D eigenvalue weighted by atomic mass is 9.85. The van der Waals surface area contributed by atoms with Gasteiger partial charge in [-0.15, -0.1) is 0 Å². The number of carboxylic acids is 1. The van der Waals surface area contributed by atoms with E-state index in [1.807, 2.05) is 0 Å². The zero-order valence-corrected chi connectivity index (χ0v) is 8.86. The largest absolute Gasteiger partial charge is 0.481 e. The van der Waals surface area contributed by atoms with Crippen LogP contribution in [-0.2, 0) is 14.3 Å². The summed E-state index contributed by atoms with van der Waals surface area (Å²) in [5.74, 6) is -1.79. The highest BCUT2D eigenvalue weighted by Crippen LogP contribution is 2.25. The van der Waals surface area contributed by atoms with Crippen molar-refractivity contribution in [1.29, 1.82) is 0 Å². The molecule has 0 bridgehead atoms. The third-order valence-corrected chi connectivity index (χ3v) is 2.77. The molecule has 1 aliphatic heterocycles. The van der Waals surface area contributed by atoms with Gasteiger partial charge in [-0.1, -0.05) is 0 Å². The second-order valence-electron chi connectivity index (χ2n) is 3.80. The second-order valence-corrected chi connectivity index (χ2v) is 3.80. The van der Waals surface area contributed by atoms with Gasteiger partial charge < -0.3 is 15.2 Å². The molecule has 0 aromatic rings. The van der Waals surface area contributed by atoms with Crippen LogP contribution in [0.25, 0.3) is 0 Å². The van der Waals surface area contributed by atoms with Gasteiger partial charge in [0, 0.05) is 20.1 Å². The van der Waals surface area contributed by atoms with Gasteiger partial charge in [0.15, 0.2) is 0 Å². The molecule has 5 nitrogen and oxygen atoms in total. The fraction of sp³-hybridized carbons (Fsp3) is 0.800. The number of carboxylic acid groups (broad SMARTS) is 1. The summed E-state index contributed by atoms with van der Waals surface area (Å²) in [7, 11) is 1.51. The van der Waals surface area contributed by atoms with Crippen LogP contribution in [0.2, 0.25) is 0 Å². The standard InChI is InChI=1S/C10H17NO4/c1-11-9(12)5-8(10(13)14)7-3-2-4-15-6-7/h7-8H,2-6H2,1H3,(H,11,12)(H,13,14). The van der Waals surface area contributed by atoms with Crippen molar-refractivity contribution in [2.45, 2.75) is 19.3 Å². The van der Waals surface area contributed by atoms with Gasteiger partial charge in [0.05, 0.1) is 12.5 Å². The monoisotopic (exact) mass is 215 g/mol. The van der Waals surface area contributed by atoms with Crippen molar-refractivity contribution < 1.29 is 19.4 Å². The van der Waals surface area contributed by atoms with Crippen LogP contribution in [0.3, 0.4) is 0 Å². The number of carbonyl (C=O) groups excluding carboxylic acids is 1. The summed E-state index contributed by atoms with van der Waals surface area (Å²) in [6, 6.07) is 0. The zero-order valence-electron chi connectivity index (χ0n) is 8.86. The van der Waals surface area contributed by atoms with Crippen LogP contribution in [0.5, 0.6) is 0 Å². The Morgan fingerprint density at radius 3 is 2.80 bits per heavy atom. The maximum Gasteiger partial charge on any atom is 0.307 e. The van der Waals surface area contributed by atoms with Gasteiger partial charge in [-0.25, -0.2) is 0 Å². The summed E-state index contributed by atoms with van der Waals surface area (Å²) in [5, 5.41) is 11.5. The first-order valence-electron chi connectivity index (χ1n) is 5.16. The molecule has 86 valence electrons. The van der Waals surface area contributed by atoms with Crippen molar-refractivity contribution in [1.82, 2.24) is 5.32 Å². The normalized spacial score (nSPS) is 23.1. The lowest BCUT2D eigenvalue weighted by Gasteiger charge is -2.26. The van der Waals surface area contributed by atoms with E-state index in [2.05, 4.69) is 5.32 Å². The van der Waals surface area contributed by atoms with E-state index in [0.717, 1.165) is 12.8 Å². The van der Waals surface area contributed by atoms with Crippen LogP contribution >= 0.6 is 0 Å². The van der Waals surface area contributed by atoms with E-state index in [1.165, 1.54) is 7.05 Å². The molecule has 2 atom stereocenters. The van der Waals surface area contributed by atoms with Gasteiger partial charge in [0.25, 0.3) is 0 Å². The minimum Gasteiger partial charge on any atom is -0.481 e. The Kier molecular flexibility index (Phi) is 4.55. The number of hydrogen-bond donors (Lipinski definition) is 2. The zero-order chi connectivity index (χ0) is 11.3. The Bertz CT molecular complexity index is 236. The molecule has 15 heavy (non-hydrogen) atoms. The SMILES string of the molecule is CNC(=O)CC(C(=O)O)C1CCCOC1. The third-order valence-electron chi connectivity index (χ3n) is 2.77. The van der Waals surface area contributed by atoms with E-state index < -0.39 is 11.9 Å². The molecule has 1 amide bonds. The Balaban J connectivity index is 2.55. The minimum atomic E-state index is -0.908. The van der Waals surface area contributed by atoms with E-state index in [-0.39, 0.29) is 18.2 Å². The lowest BCUT2D eigenvalue weighted by molar-refractivity contribution is -0.148. The molecule has 1 fully saturated rings. The van der Waals surface area contributed by atoms with E-state index in [4.69, 9.17) is 9.84 Å². The van der Waals surface area contributed by atoms with Gasteiger partial charge in [0.2, 0.25) is 5.91 Å². The van der Waals surface area contributed by atoms with Crippen molar-refractivity contribution in [3.8, 4) is 0 Å². The Morgan fingerprint density at radius 2 is 2.33 bits per heavy atom. The fourth-order valence-corrected chi connectivity index (χ4v) is 1.84. The minimum absolute atomic E-state index is 0.0338. The average Bonchev–Trinajstić information content (AvgIpc) is 2.26. The van der Waals surface area contributed by atoms with Crippen LogP contribution < -0.4 is 5.32 Å². The molecule has 0 aromatic carbocycles. The topological polar surface area (TPSA) is 75.6 Å². The molecule has 0 aliphatic carbocycles. The van der Waals surface area contributed by atoms with Crippen LogP contribution in [0.4, 0.5) is 0 Å². The molecule has 1 heterocycles. The summed E-state index contributed by atoms with van der Waals surface area (Å²) < 4.78 is 5.23. The van der Waals surface area contributed by atoms with E-state index in [0.29, 0.717) is 13.2 Å². The highest BCUT2D eigenvalue weighted by atomic mass is 16.5. The molecule has 2 N–H and O–H groups in total. The first-order valence-corrected chi connectivity index (χ1v) is 5.16. The molecule has 5 heteroatoms. The van der Waals surface area contributed by atoms with Crippen LogP contribution in [0, 0.1) is 11.8 Å². The van der Waals surface area contributed by atoms with Crippen LogP contribution in [-0.4, -0.2) is 37.2 Å². The molecule has 0 saturated carbocycles. The van der Waals surface area contributed by atoms with Crippen LogP contribution in [0.1, 0.15) is 19.3 Å². The molecule has 0 radical (unpaired) electrons. The smallest absolute Gasteiger partial charge is 0.307 e. The summed E-state index contributed by atoms with van der Waals surface area (Å²) in [6.45, 7) is 1.15. The molecule has 1 aliphatic rings. The highest BCUT2D eigenvalue weighted by Gasteiger charge is 2.31. The van der Waals surface area contributed by atoms with E-state index in [1.54, 1.807) is 0 Å². The van der Waals surface area contributed by atoms with Gasteiger partial charge in [-0.05, 0) is 18.8 Å². The van der Waals surface area contributed by atoms with Crippen molar-refractivity contribution >= 4 is 11.9 Å². The molecule has 1 rings (SSSR count). The number of hydrogen-bond acceptors (Lipinski definition) is 3. The Hall–Kier alpha value is -1.10. The van der Waals surface area contributed by atoms with Gasteiger partial charge in [-0.3, -0.25) is 9.59 Å². The lowest BCUT2D eigenvalue weighted by Crippen LogP contribution is -2.34. The number of ether oxygens (including phenoxy) is 1. The number of amides is 1.